The van der Waals surface area contributed by atoms with Crippen molar-refractivity contribution in [3.63, 3.8) is 0 Å². The van der Waals surface area contributed by atoms with Gasteiger partial charge in [-0.1, -0.05) is 0 Å². The number of aromatic hydroxyl groups is 1. The van der Waals surface area contributed by atoms with Crippen molar-refractivity contribution in [3.05, 3.63) is 39.1 Å². The molecule has 0 bridgehead atoms. The zero-order valence-electron chi connectivity index (χ0n) is 16.3. The number of aromatic amines is 2. The lowest BCUT2D eigenvalue weighted by Crippen LogP contribution is -2.46. The highest BCUT2D eigenvalue weighted by Crippen LogP contribution is 2.23. The van der Waals surface area contributed by atoms with Gasteiger partial charge >= 0.3 is 5.69 Å². The number of anilines is 1. The average Bonchev–Trinajstić information content (AvgIpc) is 3.29. The van der Waals surface area contributed by atoms with Crippen molar-refractivity contribution in [2.45, 2.75) is 44.9 Å². The van der Waals surface area contributed by atoms with Crippen molar-refractivity contribution in [2.75, 3.05) is 18.0 Å². The van der Waals surface area contributed by atoms with Crippen molar-refractivity contribution < 1.29 is 9.84 Å². The van der Waals surface area contributed by atoms with Crippen molar-refractivity contribution in [1.82, 2.24) is 24.6 Å². The van der Waals surface area contributed by atoms with E-state index in [4.69, 9.17) is 14.7 Å². The molecule has 1 saturated carbocycles. The Bertz CT molecular complexity index is 1230. The molecule has 0 radical (unpaired) electrons. The summed E-state index contributed by atoms with van der Waals surface area (Å²) in [5.74, 6) is 0.602. The van der Waals surface area contributed by atoms with Gasteiger partial charge in [0.25, 0.3) is 0 Å². The van der Waals surface area contributed by atoms with Crippen LogP contribution in [0.25, 0.3) is 11.7 Å². The Morgan fingerprint density at radius 3 is 2.69 bits per heavy atom. The Morgan fingerprint density at radius 2 is 2.03 bits per heavy atom. The summed E-state index contributed by atoms with van der Waals surface area (Å²) in [5.41, 5.74) is 1.19. The van der Waals surface area contributed by atoms with Crippen molar-refractivity contribution >= 4 is 17.5 Å². The number of fused-ring (bicyclic) bond motifs is 1. The number of hydrogen-bond acceptors (Lipinski definition) is 7. The van der Waals surface area contributed by atoms with Crippen LogP contribution in [0.2, 0.25) is 0 Å². The van der Waals surface area contributed by atoms with E-state index in [9.17, 15) is 9.90 Å². The third kappa shape index (κ3) is 3.51. The lowest BCUT2D eigenvalue weighted by molar-refractivity contribution is -0.00546. The summed E-state index contributed by atoms with van der Waals surface area (Å²) in [4.78, 5) is 28.2. The molecule has 2 fully saturated rings. The molecule has 5 rings (SSSR count). The predicted molar refractivity (Wildman–Crippen MR) is 106 cm³/mol. The van der Waals surface area contributed by atoms with E-state index in [2.05, 4.69) is 33.8 Å². The van der Waals surface area contributed by atoms with Crippen LogP contribution in [-0.2, 0) is 4.74 Å². The van der Waals surface area contributed by atoms with Crippen LogP contribution in [0.3, 0.4) is 0 Å². The van der Waals surface area contributed by atoms with Gasteiger partial charge in [-0.15, -0.1) is 0 Å². The molecule has 1 saturated heterocycles. The quantitative estimate of drug-likeness (QED) is 0.556. The molecule has 3 aromatic rings. The molecule has 10 nitrogen and oxygen atoms in total. The minimum atomic E-state index is -0.473. The Hall–Kier alpha value is -3.14. The maximum atomic E-state index is 11.4. The Balaban J connectivity index is 1.69. The van der Waals surface area contributed by atoms with E-state index >= 15 is 0 Å². The second kappa shape index (κ2) is 6.73. The monoisotopic (exact) mass is 397 g/mol. The summed E-state index contributed by atoms with van der Waals surface area (Å²) in [7, 11) is 0. The van der Waals surface area contributed by atoms with E-state index in [-0.39, 0.29) is 23.8 Å². The van der Waals surface area contributed by atoms with Gasteiger partial charge in [0.05, 0.1) is 24.4 Å². The first-order chi connectivity index (χ1) is 14.0. The molecule has 152 valence electrons. The average molecular weight is 397 g/mol. The van der Waals surface area contributed by atoms with Crippen LogP contribution < -0.4 is 21.3 Å². The smallest absolute Gasteiger partial charge is 0.326 e. The molecule has 0 aromatic carbocycles. The highest BCUT2D eigenvalue weighted by atomic mass is 16.5. The van der Waals surface area contributed by atoms with Crippen LogP contribution >= 0.6 is 0 Å². The number of imidazole rings is 1. The molecule has 0 amide bonds. The van der Waals surface area contributed by atoms with Crippen LogP contribution in [0.15, 0.2) is 22.1 Å². The van der Waals surface area contributed by atoms with Gasteiger partial charge in [-0.25, -0.2) is 9.78 Å². The van der Waals surface area contributed by atoms with Crippen LogP contribution in [-0.4, -0.2) is 61.0 Å². The third-order valence-corrected chi connectivity index (χ3v) is 5.11. The van der Waals surface area contributed by atoms with Gasteiger partial charge in [0, 0.05) is 24.4 Å². The van der Waals surface area contributed by atoms with Gasteiger partial charge in [0.15, 0.2) is 11.1 Å². The van der Waals surface area contributed by atoms with Crippen molar-refractivity contribution in [2.24, 2.45) is 4.99 Å². The van der Waals surface area contributed by atoms with Crippen LogP contribution in [0.4, 0.5) is 5.82 Å². The minimum absolute atomic E-state index is 0.110. The highest BCUT2D eigenvalue weighted by molar-refractivity contribution is 5.58. The number of nitrogens with one attached hydrogen (secondary N) is 2. The summed E-state index contributed by atoms with van der Waals surface area (Å²) in [6.45, 7) is 5.60. The van der Waals surface area contributed by atoms with Gasteiger partial charge in [-0.3, -0.25) is 9.98 Å². The maximum Gasteiger partial charge on any atom is 0.326 e. The molecule has 2 atom stereocenters. The number of hydrogen-bond donors (Lipinski definition) is 3. The molecular formula is C19H23N7O3. The van der Waals surface area contributed by atoms with Gasteiger partial charge in [-0.05, 0) is 32.8 Å². The fourth-order valence-corrected chi connectivity index (χ4v) is 3.71. The zero-order chi connectivity index (χ0) is 20.1. The maximum absolute atomic E-state index is 11.4. The summed E-state index contributed by atoms with van der Waals surface area (Å²) >= 11 is 0. The van der Waals surface area contributed by atoms with Crippen LogP contribution in [0.1, 0.15) is 32.4 Å². The topological polar surface area (TPSA) is 124 Å². The van der Waals surface area contributed by atoms with E-state index in [0.717, 1.165) is 37.2 Å². The number of rotatable bonds is 3. The fraction of sp³-hybridized carbons (Fsp3) is 0.474. The second-order valence-corrected chi connectivity index (χ2v) is 7.82. The summed E-state index contributed by atoms with van der Waals surface area (Å²) in [6.07, 6.45) is 5.70. The number of H-pyrrole nitrogens is 2. The highest BCUT2D eigenvalue weighted by Gasteiger charge is 2.25. The molecule has 0 unspecified atom stereocenters. The summed E-state index contributed by atoms with van der Waals surface area (Å²) < 4.78 is 7.56. The number of morpholine rings is 1. The molecule has 29 heavy (non-hydrogen) atoms. The second-order valence-electron chi connectivity index (χ2n) is 7.82. The predicted octanol–water partition coefficient (Wildman–Crippen LogP) is -0.324. The van der Waals surface area contributed by atoms with Crippen LogP contribution in [0, 0.1) is 0 Å². The zero-order valence-corrected chi connectivity index (χ0v) is 16.3. The molecule has 0 spiro atoms. The molecule has 3 N–H and O–H groups in total. The first-order valence-electron chi connectivity index (χ1n) is 9.82. The first kappa shape index (κ1) is 17.9. The SMILES string of the molecule is C[C@@H]1CN(c2cc(=NC3CC3)n3nc/c(=C/c4[nH]c(=O)[nH]c4O)c3n2)C[C@H](C)O1. The summed E-state index contributed by atoms with van der Waals surface area (Å²) in [6, 6.07) is 2.31. The van der Waals surface area contributed by atoms with E-state index in [1.807, 2.05) is 6.07 Å². The molecule has 3 aromatic heterocycles. The molecular weight excluding hydrogens is 374 g/mol. The van der Waals surface area contributed by atoms with Gasteiger partial charge in [0.1, 0.15) is 11.5 Å². The largest absolute Gasteiger partial charge is 0.493 e. The molecule has 2 aliphatic rings. The lowest BCUT2D eigenvalue weighted by atomic mass is 10.2. The number of ether oxygens (including phenoxy) is 1. The van der Waals surface area contributed by atoms with Gasteiger partial charge in [-0.2, -0.15) is 9.61 Å². The van der Waals surface area contributed by atoms with Crippen molar-refractivity contribution in [3.8, 4) is 5.88 Å². The molecule has 1 aliphatic carbocycles. The van der Waals surface area contributed by atoms with Gasteiger partial charge in [0.2, 0.25) is 5.88 Å². The van der Waals surface area contributed by atoms with E-state index < -0.39 is 5.69 Å². The van der Waals surface area contributed by atoms with E-state index in [1.165, 1.54) is 0 Å². The Kier molecular flexibility index (Phi) is 4.16. The Morgan fingerprint density at radius 1 is 1.28 bits per heavy atom. The first-order valence-corrected chi connectivity index (χ1v) is 9.82. The third-order valence-electron chi connectivity index (χ3n) is 5.11. The normalized spacial score (nSPS) is 24.0. The summed E-state index contributed by atoms with van der Waals surface area (Å²) in [5, 5.41) is 15.0. The number of nitrogens with zero attached hydrogens (tertiary/aromatic N) is 5. The molecule has 10 heteroatoms. The fourth-order valence-electron chi connectivity index (χ4n) is 3.71. The molecule has 1 aliphatic heterocycles. The van der Waals surface area contributed by atoms with Crippen molar-refractivity contribution in [1.29, 1.82) is 0 Å². The molecule has 4 heterocycles. The van der Waals surface area contributed by atoms with Crippen LogP contribution in [0.5, 0.6) is 5.88 Å². The van der Waals surface area contributed by atoms with E-state index in [0.29, 0.717) is 16.9 Å². The Labute approximate surface area is 165 Å². The number of aromatic nitrogens is 5. The van der Waals surface area contributed by atoms with E-state index in [1.54, 1.807) is 16.8 Å². The lowest BCUT2D eigenvalue weighted by Gasteiger charge is -2.36. The standard InChI is InChI=1S/C19H23N7O3/c1-10-8-25(9-11(2)29-10)15-6-16(21-13-3-4-13)26-17(23-15)12(7-20-26)5-14-18(27)24-19(28)22-14/h5-7,10-11,13,27H,3-4,8-9H2,1-2H3,(H2,22,24,28)/b12-5-,21-16?/t10-,11+. The minimum Gasteiger partial charge on any atom is -0.493 e. The van der Waals surface area contributed by atoms with Gasteiger partial charge < -0.3 is 19.7 Å².